The number of thiocarbonyl (C=S) groups is 1. The normalized spacial score (nSPS) is 12.3. The molecule has 12 heteroatoms. The molecule has 0 saturated heterocycles. The van der Waals surface area contributed by atoms with Gasteiger partial charge in [-0.25, -0.2) is 4.57 Å². The monoisotopic (exact) mass is 610 g/mol. The van der Waals surface area contributed by atoms with Gasteiger partial charge in [-0.05, 0) is 72.4 Å². The molecule has 2 N–H and O–H groups in total. The van der Waals surface area contributed by atoms with Crippen LogP contribution in [0.3, 0.4) is 0 Å². The summed E-state index contributed by atoms with van der Waals surface area (Å²) in [5.41, 5.74) is -0.636. The van der Waals surface area contributed by atoms with Crippen molar-refractivity contribution < 1.29 is 26.8 Å². The third kappa shape index (κ3) is 7.67. The van der Waals surface area contributed by atoms with E-state index in [-0.39, 0.29) is 27.3 Å². The zero-order valence-corrected chi connectivity index (χ0v) is 23.1. The Bertz CT molecular complexity index is 1450. The van der Waals surface area contributed by atoms with Gasteiger partial charge in [-0.15, -0.1) is 0 Å². The maximum atomic E-state index is 14.6. The highest BCUT2D eigenvalue weighted by molar-refractivity contribution is 7.80. The van der Waals surface area contributed by atoms with Crippen LogP contribution in [0.25, 0.3) is 0 Å². The fourth-order valence-corrected chi connectivity index (χ4v) is 6.05. The highest BCUT2D eigenvalue weighted by Crippen LogP contribution is 2.59. The van der Waals surface area contributed by atoms with Gasteiger partial charge in [0.15, 0.2) is 10.9 Å². The van der Waals surface area contributed by atoms with E-state index in [1.54, 1.807) is 84.9 Å². The van der Waals surface area contributed by atoms with Gasteiger partial charge in [0.2, 0.25) is 0 Å². The van der Waals surface area contributed by atoms with E-state index in [0.717, 1.165) is 18.2 Å². The molecule has 4 aromatic carbocycles. The van der Waals surface area contributed by atoms with E-state index in [1.165, 1.54) is 0 Å². The van der Waals surface area contributed by atoms with Gasteiger partial charge >= 0.3 is 13.8 Å². The lowest BCUT2D eigenvalue weighted by atomic mass is 10.2. The smallest absolute Gasteiger partial charge is 0.414 e. The number of nitrogens with one attached hydrogen (secondary N) is 2. The molecule has 0 aromatic heterocycles. The molecule has 39 heavy (non-hydrogen) atoms. The molecule has 1 atom stereocenters. The van der Waals surface area contributed by atoms with Crippen molar-refractivity contribution in [1.82, 2.24) is 5.32 Å². The number of rotatable bonds is 8. The zero-order valence-electron chi connectivity index (χ0n) is 19.9. The lowest BCUT2D eigenvalue weighted by Crippen LogP contribution is -2.34. The van der Waals surface area contributed by atoms with Crippen molar-refractivity contribution in [2.45, 2.75) is 12.0 Å². The van der Waals surface area contributed by atoms with Gasteiger partial charge in [0.05, 0.1) is 16.3 Å². The molecule has 0 heterocycles. The predicted molar refractivity (Wildman–Crippen MR) is 152 cm³/mol. The fourth-order valence-electron chi connectivity index (χ4n) is 3.48. The van der Waals surface area contributed by atoms with E-state index < -0.39 is 25.1 Å². The number of benzene rings is 4. The summed E-state index contributed by atoms with van der Waals surface area (Å²) in [6, 6.07) is 26.0. The number of alkyl halides is 3. The third-order valence-corrected chi connectivity index (χ3v) is 8.02. The van der Waals surface area contributed by atoms with Crippen molar-refractivity contribution in [3.63, 3.8) is 0 Å². The molecule has 0 saturated carbocycles. The molecule has 0 radical (unpaired) electrons. The number of para-hydroxylation sites is 2. The quantitative estimate of drug-likeness (QED) is 0.153. The lowest BCUT2D eigenvalue weighted by molar-refractivity contribution is -0.137. The second kappa shape index (κ2) is 12.3. The van der Waals surface area contributed by atoms with Gasteiger partial charge in [0.25, 0.3) is 0 Å². The Morgan fingerprint density at radius 1 is 0.821 bits per heavy atom. The molecule has 0 aliphatic carbocycles. The predicted octanol–water partition coefficient (Wildman–Crippen LogP) is 9.35. The van der Waals surface area contributed by atoms with Crippen molar-refractivity contribution in [3.8, 4) is 11.5 Å². The highest BCUT2D eigenvalue weighted by atomic mass is 35.5. The Hall–Kier alpha value is -3.23. The maximum Gasteiger partial charge on any atom is 0.457 e. The average Bonchev–Trinajstić information content (AvgIpc) is 2.89. The van der Waals surface area contributed by atoms with E-state index in [9.17, 15) is 17.7 Å². The minimum atomic E-state index is -4.60. The van der Waals surface area contributed by atoms with Crippen LogP contribution in [-0.2, 0) is 10.7 Å². The van der Waals surface area contributed by atoms with Crippen molar-refractivity contribution in [2.24, 2.45) is 0 Å². The molecule has 0 spiro atoms. The number of hydrogen-bond acceptors (Lipinski definition) is 4. The van der Waals surface area contributed by atoms with Gasteiger partial charge in [0, 0.05) is 5.02 Å². The molecule has 0 bridgehead atoms. The second-order valence-corrected chi connectivity index (χ2v) is 11.3. The van der Waals surface area contributed by atoms with Crippen LogP contribution in [0.5, 0.6) is 11.5 Å². The standard InChI is InChI=1S/C27H20Cl2F3N2O3PS/c28-20-9-7-8-18(16-20)25(34-26(39)33-24-17-19(27(30,31)32)14-15-23(24)29)38(35,36-21-10-3-1-4-11-21)37-22-12-5-2-6-13-22/h1-17,25H,(H2,33,34,39)/t25-/m0/s1. The molecule has 0 fully saturated rings. The molecule has 202 valence electrons. The number of anilines is 1. The molecule has 0 unspecified atom stereocenters. The van der Waals surface area contributed by atoms with Gasteiger partial charge in [-0.3, -0.25) is 0 Å². The Morgan fingerprint density at radius 3 is 1.95 bits per heavy atom. The van der Waals surface area contributed by atoms with E-state index in [4.69, 9.17) is 44.5 Å². The van der Waals surface area contributed by atoms with Crippen molar-refractivity contribution in [3.05, 3.63) is 124 Å². The Kier molecular flexibility index (Phi) is 9.08. The SMILES string of the molecule is O=P(Oc1ccccc1)(Oc1ccccc1)[C@H](NC(=S)Nc1cc(C(F)(F)F)ccc1Cl)c1cccc(Cl)c1. The molecule has 4 aromatic rings. The summed E-state index contributed by atoms with van der Waals surface area (Å²) in [4.78, 5) is 0. The molecule has 4 rings (SSSR count). The summed E-state index contributed by atoms with van der Waals surface area (Å²) in [5, 5.41) is 5.69. The minimum absolute atomic E-state index is 0.00397. The third-order valence-electron chi connectivity index (χ3n) is 5.24. The van der Waals surface area contributed by atoms with Crippen LogP contribution < -0.4 is 19.7 Å². The summed E-state index contributed by atoms with van der Waals surface area (Å²) in [7, 11) is -4.23. The molecular formula is C27H20Cl2F3N2O3PS. The number of halogens is 5. The van der Waals surface area contributed by atoms with Crippen LogP contribution in [0.1, 0.15) is 16.9 Å². The second-order valence-electron chi connectivity index (χ2n) is 8.10. The van der Waals surface area contributed by atoms with Crippen molar-refractivity contribution in [1.29, 1.82) is 0 Å². The van der Waals surface area contributed by atoms with E-state index in [2.05, 4.69) is 10.6 Å². The molecular weight excluding hydrogens is 591 g/mol. The highest BCUT2D eigenvalue weighted by Gasteiger charge is 2.42. The van der Waals surface area contributed by atoms with Crippen LogP contribution in [0.4, 0.5) is 18.9 Å². The average molecular weight is 611 g/mol. The van der Waals surface area contributed by atoms with Crippen LogP contribution in [-0.4, -0.2) is 5.11 Å². The molecule has 5 nitrogen and oxygen atoms in total. The largest absolute Gasteiger partial charge is 0.457 e. The van der Waals surface area contributed by atoms with Gasteiger partial charge in [-0.2, -0.15) is 13.2 Å². The first kappa shape index (κ1) is 28.8. The van der Waals surface area contributed by atoms with Crippen LogP contribution >= 0.6 is 43.0 Å². The number of hydrogen-bond donors (Lipinski definition) is 2. The zero-order chi connectivity index (χ0) is 28.0. The Labute approximate surface area is 238 Å². The van der Waals surface area contributed by atoms with Crippen molar-refractivity contribution >= 4 is 53.8 Å². The van der Waals surface area contributed by atoms with Crippen LogP contribution in [0.15, 0.2) is 103 Å². The van der Waals surface area contributed by atoms with Gasteiger partial charge in [0.1, 0.15) is 11.5 Å². The first-order valence-electron chi connectivity index (χ1n) is 11.3. The first-order valence-corrected chi connectivity index (χ1v) is 14.1. The molecule has 0 amide bonds. The van der Waals surface area contributed by atoms with Crippen LogP contribution in [0, 0.1) is 0 Å². The molecule has 0 aliphatic heterocycles. The van der Waals surface area contributed by atoms with Crippen molar-refractivity contribution in [2.75, 3.05) is 5.32 Å². The van der Waals surface area contributed by atoms with Gasteiger partial charge in [-0.1, -0.05) is 71.7 Å². The first-order chi connectivity index (χ1) is 18.5. The van der Waals surface area contributed by atoms with Gasteiger partial charge < -0.3 is 19.7 Å². The van der Waals surface area contributed by atoms with E-state index in [0.29, 0.717) is 10.6 Å². The summed E-state index contributed by atoms with van der Waals surface area (Å²) in [6.45, 7) is 0. The van der Waals surface area contributed by atoms with E-state index >= 15 is 0 Å². The summed E-state index contributed by atoms with van der Waals surface area (Å²) in [5.74, 6) is -0.739. The Morgan fingerprint density at radius 2 is 1.41 bits per heavy atom. The summed E-state index contributed by atoms with van der Waals surface area (Å²) >= 11 is 17.8. The minimum Gasteiger partial charge on any atom is -0.414 e. The Balaban J connectivity index is 1.73. The summed E-state index contributed by atoms with van der Waals surface area (Å²) < 4.78 is 66.3. The topological polar surface area (TPSA) is 59.6 Å². The van der Waals surface area contributed by atoms with E-state index in [1.807, 2.05) is 0 Å². The maximum absolute atomic E-state index is 14.6. The molecule has 0 aliphatic rings. The van der Waals surface area contributed by atoms with Crippen LogP contribution in [0.2, 0.25) is 10.0 Å². The lowest BCUT2D eigenvalue weighted by Gasteiger charge is -2.29. The fraction of sp³-hybridized carbons (Fsp3) is 0.0741. The summed E-state index contributed by atoms with van der Waals surface area (Å²) in [6.07, 6.45) is -4.60.